The van der Waals surface area contributed by atoms with Gasteiger partial charge in [-0.2, -0.15) is 0 Å². The lowest BCUT2D eigenvalue weighted by atomic mass is 9.88. The molecule has 102 heavy (non-hydrogen) atoms. The van der Waals surface area contributed by atoms with Crippen LogP contribution in [0.15, 0.2) is 186 Å². The summed E-state index contributed by atoms with van der Waals surface area (Å²) in [6.45, 7) is 0.387. The highest BCUT2D eigenvalue weighted by molar-refractivity contribution is 7.91. The van der Waals surface area contributed by atoms with E-state index < -0.39 is 37.6 Å². The van der Waals surface area contributed by atoms with Crippen molar-refractivity contribution in [1.29, 1.82) is 0 Å². The number of hydrogen-bond donors (Lipinski definition) is 9. The fraction of sp³-hybridized carbons (Fsp3) is 0.151. The fourth-order valence-corrected chi connectivity index (χ4v) is 19.9. The second kappa shape index (κ2) is 31.7. The van der Waals surface area contributed by atoms with Gasteiger partial charge in [0.25, 0.3) is 17.7 Å². The van der Waals surface area contributed by atoms with Crippen molar-refractivity contribution in [3.63, 3.8) is 0 Å². The van der Waals surface area contributed by atoms with Gasteiger partial charge in [-0.05, 0) is 78.1 Å². The summed E-state index contributed by atoms with van der Waals surface area (Å²) >= 11 is 7.46. The van der Waals surface area contributed by atoms with Gasteiger partial charge in [-0.1, -0.05) is 141 Å². The molecule has 0 radical (unpaired) electrons. The highest BCUT2D eigenvalue weighted by Crippen LogP contribution is 2.45. The monoisotopic (exact) mass is 1490 g/mol. The van der Waals surface area contributed by atoms with Gasteiger partial charge in [-0.15, -0.1) is 56.7 Å². The number of nitrogens with two attached hydrogens (primary N) is 9. The van der Waals surface area contributed by atoms with E-state index in [4.69, 9.17) is 55.7 Å². The molecule has 0 spiro atoms. The average molecular weight is 1500 g/mol. The zero-order valence-electron chi connectivity index (χ0n) is 55.0. The second-order valence-electron chi connectivity index (χ2n) is 23.6. The number of pyridine rings is 5. The van der Waals surface area contributed by atoms with E-state index in [-0.39, 0.29) is 9.79 Å². The molecule has 0 unspecified atom stereocenters. The molecule has 1 aliphatic rings. The number of aryl methyl sites for hydroxylation is 2. The molecule has 10 heterocycles. The first kappa shape index (κ1) is 72.9. The summed E-state index contributed by atoms with van der Waals surface area (Å²) in [6, 6.07) is 47.5. The minimum absolute atomic E-state index is 0.00822. The molecule has 22 nitrogen and oxygen atoms in total. The van der Waals surface area contributed by atoms with E-state index >= 15 is 0 Å². The number of thiophene rings is 5. The first-order chi connectivity index (χ1) is 48.9. The number of benzene rings is 4. The van der Waals surface area contributed by atoms with Crippen molar-refractivity contribution in [2.75, 3.05) is 42.0 Å². The third kappa shape index (κ3) is 16.5. The molecular formula is C73H70N14O8S7. The smallest absolute Gasteiger partial charge is 0.251 e. The van der Waals surface area contributed by atoms with E-state index in [0.717, 1.165) is 80.0 Å². The lowest BCUT2D eigenvalue weighted by molar-refractivity contribution is 0.0993. The minimum Gasteiger partial charge on any atom is -0.383 e. The highest BCUT2D eigenvalue weighted by Gasteiger charge is 2.25. The first-order valence-electron chi connectivity index (χ1n) is 31.6. The number of sulfonamides is 1. The third-order valence-corrected chi connectivity index (χ3v) is 25.2. The number of nitrogens with zero attached hydrogens (tertiary/aromatic N) is 5. The third-order valence-electron chi connectivity index (χ3n) is 16.6. The van der Waals surface area contributed by atoms with E-state index in [1.54, 1.807) is 29.8 Å². The van der Waals surface area contributed by atoms with Crippen molar-refractivity contribution in [2.24, 2.45) is 22.3 Å². The number of nitrogen functional groups attached to an aromatic ring is 5. The molecule has 1 saturated carbocycles. The average Bonchev–Trinajstić information content (AvgIpc) is 1.30. The van der Waals surface area contributed by atoms with Gasteiger partial charge in [0.1, 0.15) is 38.9 Å². The number of anilines is 5. The van der Waals surface area contributed by atoms with Crippen LogP contribution in [0.25, 0.3) is 81.8 Å². The molecule has 3 amide bonds. The van der Waals surface area contributed by atoms with Crippen molar-refractivity contribution in [1.82, 2.24) is 24.9 Å². The number of sulfone groups is 1. The van der Waals surface area contributed by atoms with Crippen LogP contribution in [0.3, 0.4) is 0 Å². The summed E-state index contributed by atoms with van der Waals surface area (Å²) in [7, 11) is -5.52. The molecule has 0 saturated heterocycles. The standard InChI is InChI=1S/C16H15N3O2S.C16H15N3OS.C14H17N3OS.C14H12N2O2S2.C13H11N3O2S2/c1-21-8-11-12-14(10(16(18)20)7-19-15(12)17)22-13(11)9-5-3-2-4-6-9;17-15-12-8-11(7-6-10-4-2-1-3-5-10)21-14(12)13(9-19-15)16(18)20;15-13-9-6-11(8-4-2-1-3-5-8)19-12(9)10(7-17-13)14(16)18;1-20(17,18)12-8-16-14(15)10-7-11(19-13(10)12)9-5-3-2-4-6-9;14-13-9-6-10(8-4-2-1-3-5-8)19-12(9)11(7-16-13)20(15,17)18/h2-7H,8H2,1H3,(H2,17,19)(H2,18,20);1-5,8-9H,6-7H2,(H2,17,19)(H2,18,20);6-8H,1-5H2,(H2,15,17)(H2,16,18);2-8H,1H3,(H2,15,16);1-7H,(H2,14,16)(H2,15,17,18). The maximum absolute atomic E-state index is 11.8. The van der Waals surface area contributed by atoms with Crippen LogP contribution in [0, 0.1) is 0 Å². The molecule has 0 aliphatic heterocycles. The van der Waals surface area contributed by atoms with Gasteiger partial charge in [-0.25, -0.2) is 46.9 Å². The van der Waals surface area contributed by atoms with Crippen LogP contribution in [0.2, 0.25) is 0 Å². The molecule has 0 bridgehead atoms. The molecule has 15 rings (SSSR count). The Bertz CT molecular complexity index is 5500. The normalized spacial score (nSPS) is 12.4. The zero-order chi connectivity index (χ0) is 72.6. The Labute approximate surface area is 607 Å². The van der Waals surface area contributed by atoms with Gasteiger partial charge in [0.05, 0.1) is 53.0 Å². The van der Waals surface area contributed by atoms with Crippen LogP contribution >= 0.6 is 56.7 Å². The van der Waals surface area contributed by atoms with Crippen LogP contribution in [0.5, 0.6) is 0 Å². The van der Waals surface area contributed by atoms with E-state index in [9.17, 15) is 31.2 Å². The molecule has 1 fully saturated rings. The first-order valence-corrected chi connectivity index (χ1v) is 39.1. The molecule has 1 aliphatic carbocycles. The number of ether oxygens (including phenoxy) is 1. The number of fused-ring (bicyclic) bond motifs is 5. The number of rotatable bonds is 14. The Kier molecular flexibility index (Phi) is 22.6. The number of aromatic nitrogens is 5. The van der Waals surface area contributed by atoms with Crippen molar-refractivity contribution in [3.8, 4) is 31.3 Å². The topological polar surface area (TPSA) is 427 Å². The highest BCUT2D eigenvalue weighted by atomic mass is 32.2. The summed E-state index contributed by atoms with van der Waals surface area (Å²) in [5, 5.41) is 8.97. The van der Waals surface area contributed by atoms with Gasteiger partial charge in [-0.3, -0.25) is 14.4 Å². The van der Waals surface area contributed by atoms with Crippen LogP contribution < -0.4 is 51.0 Å². The molecule has 4 aromatic carbocycles. The Hall–Kier alpha value is -10.3. The van der Waals surface area contributed by atoms with Crippen molar-refractivity contribution in [3.05, 3.63) is 214 Å². The lowest BCUT2D eigenvalue weighted by Gasteiger charge is -2.19. The fourth-order valence-electron chi connectivity index (χ4n) is 11.6. The van der Waals surface area contributed by atoms with Crippen molar-refractivity contribution in [2.45, 2.75) is 67.3 Å². The van der Waals surface area contributed by atoms with Crippen LogP contribution in [0.4, 0.5) is 29.1 Å². The zero-order valence-corrected chi connectivity index (χ0v) is 60.7. The predicted octanol–water partition coefficient (Wildman–Crippen LogP) is 13.7. The number of carbonyl (C=O) groups excluding carboxylic acids is 3. The number of primary amides is 3. The molecule has 14 aromatic rings. The van der Waals surface area contributed by atoms with Gasteiger partial charge < -0.3 is 50.6 Å². The van der Waals surface area contributed by atoms with E-state index in [2.05, 4.69) is 43.1 Å². The maximum Gasteiger partial charge on any atom is 0.251 e. The Balaban J connectivity index is 0.000000128. The molecule has 522 valence electrons. The Morgan fingerprint density at radius 2 is 0.892 bits per heavy atom. The van der Waals surface area contributed by atoms with Crippen LogP contribution in [-0.4, -0.2) is 72.8 Å². The summed E-state index contributed by atoms with van der Waals surface area (Å²) in [6.07, 6.45) is 16.3. The van der Waals surface area contributed by atoms with E-state index in [0.29, 0.717) is 78.5 Å². The maximum atomic E-state index is 11.8. The number of carbonyl (C=O) groups is 3. The summed E-state index contributed by atoms with van der Waals surface area (Å²) < 4.78 is 55.9. The molecule has 10 aromatic heterocycles. The largest absolute Gasteiger partial charge is 0.383 e. The van der Waals surface area contributed by atoms with E-state index in [1.165, 1.54) is 119 Å². The van der Waals surface area contributed by atoms with E-state index in [1.807, 2.05) is 127 Å². The molecule has 18 N–H and O–H groups in total. The molecule has 0 atom stereocenters. The van der Waals surface area contributed by atoms with Gasteiger partial charge in [0.15, 0.2) is 9.84 Å². The lowest BCUT2D eigenvalue weighted by Crippen LogP contribution is -2.12. The summed E-state index contributed by atoms with van der Waals surface area (Å²) in [5.74, 6) is 1.14. The quantitative estimate of drug-likeness (QED) is 0.0488. The van der Waals surface area contributed by atoms with Crippen LogP contribution in [-0.2, 0) is 44.0 Å². The SMILES string of the molecule is COCc1c(-c2ccccc2)sc2c(C(N)=O)cnc(N)c12.CS(=O)(=O)c1cnc(N)c2cc(-c3ccccc3)sc12.NC(=O)c1cnc(N)c2cc(C3CCCCC3)sc12.NC(=O)c1cnc(N)c2cc(CCc3ccccc3)sc12.Nc1ncc(S(N)(=O)=O)c2sc(-c3ccccc3)cc12. The summed E-state index contributed by atoms with van der Waals surface area (Å²) in [4.78, 5) is 60.3. The molecular weight excluding hydrogens is 1430 g/mol. The number of methoxy groups -OCH3 is 1. The van der Waals surface area contributed by atoms with Crippen molar-refractivity contribution < 1.29 is 36.0 Å². The number of amides is 3. The minimum atomic E-state index is -3.82. The van der Waals surface area contributed by atoms with Crippen LogP contribution in [0.1, 0.15) is 90.0 Å². The molecule has 29 heteroatoms. The summed E-state index contributed by atoms with van der Waals surface area (Å²) in [5.41, 5.74) is 52.4. The van der Waals surface area contributed by atoms with Crippen molar-refractivity contribution >= 4 is 174 Å². The van der Waals surface area contributed by atoms with Gasteiger partial charge in [0.2, 0.25) is 10.0 Å². The van der Waals surface area contributed by atoms with Gasteiger partial charge in [0, 0.05) is 95.0 Å². The number of primary sulfonamides is 1. The number of hydrogen-bond acceptors (Lipinski definition) is 23. The van der Waals surface area contributed by atoms with Gasteiger partial charge >= 0.3 is 0 Å². The predicted molar refractivity (Wildman–Crippen MR) is 417 cm³/mol. The Morgan fingerprint density at radius 1 is 0.471 bits per heavy atom. The second-order valence-corrected chi connectivity index (χ2v) is 32.5. The Morgan fingerprint density at radius 3 is 1.37 bits per heavy atom.